The molecule has 0 radical (unpaired) electrons. The molecule has 2 atom stereocenters. The van der Waals surface area contributed by atoms with E-state index in [1.54, 1.807) is 7.11 Å². The van der Waals surface area contributed by atoms with Gasteiger partial charge in [-0.3, -0.25) is 4.79 Å². The molecule has 1 fully saturated rings. The van der Waals surface area contributed by atoms with E-state index < -0.39 is 12.0 Å². The van der Waals surface area contributed by atoms with Crippen LogP contribution in [0.1, 0.15) is 18.4 Å². The van der Waals surface area contributed by atoms with Crippen molar-refractivity contribution < 1.29 is 14.6 Å². The largest absolute Gasteiger partial charge is 0.497 e. The van der Waals surface area contributed by atoms with Crippen molar-refractivity contribution in [2.75, 3.05) is 13.7 Å². The summed E-state index contributed by atoms with van der Waals surface area (Å²) >= 11 is 0. The van der Waals surface area contributed by atoms with E-state index in [0.717, 1.165) is 37.1 Å². The van der Waals surface area contributed by atoms with Gasteiger partial charge in [0.25, 0.3) is 0 Å². The molecule has 0 spiro atoms. The summed E-state index contributed by atoms with van der Waals surface area (Å²) in [4.78, 5) is 11.2. The minimum atomic E-state index is -0.742. The van der Waals surface area contributed by atoms with Crippen molar-refractivity contribution in [1.29, 1.82) is 0 Å². The molecule has 0 aromatic heterocycles. The molecule has 1 aromatic carbocycles. The first-order valence-corrected chi connectivity index (χ1v) is 6.30. The zero-order valence-corrected chi connectivity index (χ0v) is 10.6. The maximum absolute atomic E-state index is 11.2. The van der Waals surface area contributed by atoms with Crippen LogP contribution in [0.4, 0.5) is 0 Å². The lowest BCUT2D eigenvalue weighted by Gasteiger charge is -2.29. The molecule has 1 aliphatic rings. The second-order valence-electron chi connectivity index (χ2n) is 4.72. The van der Waals surface area contributed by atoms with E-state index in [1.165, 1.54) is 0 Å². The quantitative estimate of drug-likeness (QED) is 0.852. The molecule has 0 aliphatic carbocycles. The van der Waals surface area contributed by atoms with Crippen molar-refractivity contribution in [3.63, 3.8) is 0 Å². The van der Waals surface area contributed by atoms with Gasteiger partial charge in [0.2, 0.25) is 0 Å². The summed E-state index contributed by atoms with van der Waals surface area (Å²) in [5, 5.41) is 12.3. The molecule has 1 aliphatic heterocycles. The maximum atomic E-state index is 11.2. The summed E-state index contributed by atoms with van der Waals surface area (Å²) in [6.07, 6.45) is 2.81. The van der Waals surface area contributed by atoms with Crippen molar-refractivity contribution in [3.8, 4) is 5.75 Å². The standard InChI is InChI=1S/C14H19NO3/c1-18-12-6-4-10(5-7-12)9-11-3-2-8-15-13(11)14(16)17/h4-7,11,13,15H,2-3,8-9H2,1H3,(H,16,17)/t11-,13+/m1/s1. The highest BCUT2D eigenvalue weighted by molar-refractivity contribution is 5.74. The van der Waals surface area contributed by atoms with Gasteiger partial charge in [-0.05, 0) is 49.4 Å². The van der Waals surface area contributed by atoms with Crippen LogP contribution < -0.4 is 10.1 Å². The van der Waals surface area contributed by atoms with Crippen LogP contribution in [0.25, 0.3) is 0 Å². The number of piperidine rings is 1. The van der Waals surface area contributed by atoms with Crippen LogP contribution in [0.15, 0.2) is 24.3 Å². The van der Waals surface area contributed by atoms with Gasteiger partial charge in [0.05, 0.1) is 7.11 Å². The Morgan fingerprint density at radius 3 is 2.78 bits per heavy atom. The number of hydrogen-bond donors (Lipinski definition) is 2. The van der Waals surface area contributed by atoms with Crippen molar-refractivity contribution in [2.45, 2.75) is 25.3 Å². The zero-order valence-electron chi connectivity index (χ0n) is 10.6. The number of nitrogens with one attached hydrogen (secondary N) is 1. The van der Waals surface area contributed by atoms with Gasteiger partial charge >= 0.3 is 5.97 Å². The van der Waals surface area contributed by atoms with Gasteiger partial charge in [0.15, 0.2) is 0 Å². The van der Waals surface area contributed by atoms with Crippen molar-refractivity contribution >= 4 is 5.97 Å². The highest BCUT2D eigenvalue weighted by Crippen LogP contribution is 2.23. The lowest BCUT2D eigenvalue weighted by molar-refractivity contribution is -0.141. The van der Waals surface area contributed by atoms with E-state index in [2.05, 4.69) is 5.32 Å². The fourth-order valence-corrected chi connectivity index (χ4v) is 2.53. The number of carboxylic acid groups (broad SMARTS) is 1. The van der Waals surface area contributed by atoms with E-state index in [4.69, 9.17) is 4.74 Å². The fourth-order valence-electron chi connectivity index (χ4n) is 2.53. The first-order valence-electron chi connectivity index (χ1n) is 6.30. The van der Waals surface area contributed by atoms with Gasteiger partial charge in [-0.25, -0.2) is 0 Å². The molecule has 1 heterocycles. The van der Waals surface area contributed by atoms with E-state index in [1.807, 2.05) is 24.3 Å². The number of rotatable bonds is 4. The highest BCUT2D eigenvalue weighted by Gasteiger charge is 2.30. The summed E-state index contributed by atoms with van der Waals surface area (Å²) in [5.74, 6) is 0.258. The number of methoxy groups -OCH3 is 1. The average Bonchev–Trinajstić information content (AvgIpc) is 2.40. The predicted octanol–water partition coefficient (Wildman–Crippen LogP) is 1.69. The minimum absolute atomic E-state index is 0.171. The van der Waals surface area contributed by atoms with Gasteiger partial charge in [-0.1, -0.05) is 12.1 Å². The third-order valence-corrected chi connectivity index (χ3v) is 3.51. The molecule has 0 bridgehead atoms. The molecule has 4 nitrogen and oxygen atoms in total. The number of benzene rings is 1. The van der Waals surface area contributed by atoms with Crippen LogP contribution >= 0.6 is 0 Å². The first-order chi connectivity index (χ1) is 8.70. The molecule has 98 valence electrons. The van der Waals surface area contributed by atoms with Crippen LogP contribution in [0.3, 0.4) is 0 Å². The summed E-state index contributed by atoms with van der Waals surface area (Å²) in [5.41, 5.74) is 1.16. The normalized spacial score (nSPS) is 23.6. The van der Waals surface area contributed by atoms with E-state index in [-0.39, 0.29) is 5.92 Å². The number of aliphatic carboxylic acids is 1. The van der Waals surface area contributed by atoms with E-state index in [0.29, 0.717) is 0 Å². The van der Waals surface area contributed by atoms with Gasteiger partial charge in [-0.15, -0.1) is 0 Å². The molecular weight excluding hydrogens is 230 g/mol. The first kappa shape index (κ1) is 12.9. The van der Waals surface area contributed by atoms with Crippen molar-refractivity contribution in [1.82, 2.24) is 5.32 Å². The smallest absolute Gasteiger partial charge is 0.320 e. The van der Waals surface area contributed by atoms with Crippen LogP contribution in [0.2, 0.25) is 0 Å². The van der Waals surface area contributed by atoms with Crippen molar-refractivity contribution in [2.24, 2.45) is 5.92 Å². The molecule has 1 aromatic rings. The Morgan fingerprint density at radius 1 is 1.44 bits per heavy atom. The molecular formula is C14H19NO3. The summed E-state index contributed by atoms with van der Waals surface area (Å²) in [7, 11) is 1.64. The van der Waals surface area contributed by atoms with Crippen LogP contribution in [0, 0.1) is 5.92 Å². The summed E-state index contributed by atoms with van der Waals surface area (Å²) in [6.45, 7) is 0.802. The van der Waals surface area contributed by atoms with Gasteiger partial charge in [-0.2, -0.15) is 0 Å². The second-order valence-corrected chi connectivity index (χ2v) is 4.72. The third-order valence-electron chi connectivity index (χ3n) is 3.51. The Labute approximate surface area is 107 Å². The number of carbonyl (C=O) groups is 1. The topological polar surface area (TPSA) is 58.6 Å². The monoisotopic (exact) mass is 249 g/mol. The Hall–Kier alpha value is -1.55. The van der Waals surface area contributed by atoms with Crippen molar-refractivity contribution in [3.05, 3.63) is 29.8 Å². The molecule has 2 rings (SSSR count). The zero-order chi connectivity index (χ0) is 13.0. The lowest BCUT2D eigenvalue weighted by atomic mass is 9.85. The molecule has 0 saturated carbocycles. The average molecular weight is 249 g/mol. The molecule has 18 heavy (non-hydrogen) atoms. The second kappa shape index (κ2) is 5.87. The van der Waals surface area contributed by atoms with E-state index in [9.17, 15) is 9.90 Å². The third kappa shape index (κ3) is 3.01. The van der Waals surface area contributed by atoms with Gasteiger partial charge in [0.1, 0.15) is 11.8 Å². The Kier molecular flexibility index (Phi) is 4.20. The minimum Gasteiger partial charge on any atom is -0.497 e. The van der Waals surface area contributed by atoms with Crippen LogP contribution in [-0.4, -0.2) is 30.8 Å². The number of hydrogen-bond acceptors (Lipinski definition) is 3. The van der Waals surface area contributed by atoms with Gasteiger partial charge in [0, 0.05) is 0 Å². The van der Waals surface area contributed by atoms with Crippen LogP contribution in [-0.2, 0) is 11.2 Å². The summed E-state index contributed by atoms with van der Waals surface area (Å²) in [6, 6.07) is 7.43. The molecule has 4 heteroatoms. The lowest BCUT2D eigenvalue weighted by Crippen LogP contribution is -2.47. The Bertz CT molecular complexity index is 402. The Morgan fingerprint density at radius 2 is 2.17 bits per heavy atom. The summed E-state index contributed by atoms with van der Waals surface area (Å²) < 4.78 is 5.11. The van der Waals surface area contributed by atoms with Gasteiger partial charge < -0.3 is 15.2 Å². The predicted molar refractivity (Wildman–Crippen MR) is 68.8 cm³/mol. The van der Waals surface area contributed by atoms with E-state index >= 15 is 0 Å². The molecule has 0 amide bonds. The number of carboxylic acids is 1. The highest BCUT2D eigenvalue weighted by atomic mass is 16.5. The number of ether oxygens (including phenoxy) is 1. The SMILES string of the molecule is COc1ccc(C[C@H]2CCCN[C@@H]2C(=O)O)cc1. The molecule has 0 unspecified atom stereocenters. The molecule has 1 saturated heterocycles. The van der Waals surface area contributed by atoms with Crippen LogP contribution in [0.5, 0.6) is 5.75 Å². The Balaban J connectivity index is 2.03. The fraction of sp³-hybridized carbons (Fsp3) is 0.500. The molecule has 2 N–H and O–H groups in total. The maximum Gasteiger partial charge on any atom is 0.320 e.